The Morgan fingerprint density at radius 2 is 0.821 bits per heavy atom. The maximum absolute atomic E-state index is 10.2. The van der Waals surface area contributed by atoms with Crippen molar-refractivity contribution in [3.05, 3.63) is 200 Å². The van der Waals surface area contributed by atoms with E-state index in [1.807, 2.05) is 114 Å². The number of fused-ring (bicyclic) bond motifs is 6. The van der Waals surface area contributed by atoms with Crippen LogP contribution in [0.5, 0.6) is 0 Å². The summed E-state index contributed by atoms with van der Waals surface area (Å²) in [7, 11) is 0. The first-order valence-corrected chi connectivity index (χ1v) is 18.4. The molecule has 0 aliphatic heterocycles. The van der Waals surface area contributed by atoms with E-state index in [-0.39, 0.29) is 47.7 Å². The van der Waals surface area contributed by atoms with E-state index in [1.165, 1.54) is 12.1 Å². The number of rotatable bonds is 6. The van der Waals surface area contributed by atoms with Crippen molar-refractivity contribution in [1.29, 1.82) is 0 Å². The van der Waals surface area contributed by atoms with E-state index in [2.05, 4.69) is 30.3 Å². The highest BCUT2D eigenvalue weighted by Gasteiger charge is 2.21. The Bertz CT molecular complexity index is 3530. The molecule has 0 aliphatic carbocycles. The van der Waals surface area contributed by atoms with Crippen molar-refractivity contribution < 1.29 is 8.22 Å². The van der Waals surface area contributed by atoms with Crippen LogP contribution in [0.2, 0.25) is 0 Å². The van der Waals surface area contributed by atoms with E-state index in [1.54, 1.807) is 16.7 Å². The number of hydrogen-bond acceptors (Lipinski definition) is 3. The Kier molecular flexibility index (Phi) is 6.10. The first kappa shape index (κ1) is 26.2. The summed E-state index contributed by atoms with van der Waals surface area (Å²) >= 11 is 0. The monoisotopic (exact) mass is 721 g/mol. The van der Waals surface area contributed by atoms with Gasteiger partial charge in [0.05, 0.1) is 30.3 Å². The molecule has 0 radical (unpaired) electrons. The molecule has 0 bridgehead atoms. The smallest absolute Gasteiger partial charge is 0.238 e. The molecular formula is C51H33N5. The first-order chi connectivity index (χ1) is 30.2. The molecule has 8 aromatic carbocycles. The Labute approximate surface area is 331 Å². The first-order valence-electron chi connectivity index (χ1n) is 21.4. The highest BCUT2D eigenvalue weighted by Crippen LogP contribution is 2.40. The minimum Gasteiger partial charge on any atom is -0.309 e. The van der Waals surface area contributed by atoms with Crippen molar-refractivity contribution in [3.63, 3.8) is 0 Å². The topological polar surface area (TPSA) is 48.5 Å². The largest absolute Gasteiger partial charge is 0.309 e. The van der Waals surface area contributed by atoms with Crippen LogP contribution < -0.4 is 0 Å². The SMILES string of the molecule is [2H]c1cc([2H])c2c(c1)c1c([2H])c3c(c([2H])c1n2-c1cccc(-c2cccc(-c4ccccc4)c2)c1)c1cc([2H])cc([2H])c1n3-c1nc(-c2ccccc2)nc(-c2ccccc2)n1. The van der Waals surface area contributed by atoms with Crippen LogP contribution in [0.15, 0.2) is 200 Å². The van der Waals surface area contributed by atoms with Crippen molar-refractivity contribution in [2.24, 2.45) is 0 Å². The molecule has 262 valence electrons. The Morgan fingerprint density at radius 1 is 0.357 bits per heavy atom. The second-order valence-corrected chi connectivity index (χ2v) is 13.6. The maximum Gasteiger partial charge on any atom is 0.238 e. The summed E-state index contributed by atoms with van der Waals surface area (Å²) in [4.78, 5) is 14.9. The molecule has 3 heterocycles. The Hall–Kier alpha value is -7.63. The van der Waals surface area contributed by atoms with Gasteiger partial charge in [-0.3, -0.25) is 4.57 Å². The molecule has 0 saturated heterocycles. The molecule has 56 heavy (non-hydrogen) atoms. The fourth-order valence-electron chi connectivity index (χ4n) is 7.63. The van der Waals surface area contributed by atoms with Crippen molar-refractivity contribution in [2.45, 2.75) is 0 Å². The van der Waals surface area contributed by atoms with Crippen LogP contribution in [0, 0.1) is 0 Å². The van der Waals surface area contributed by atoms with E-state index in [0.717, 1.165) is 33.4 Å². The summed E-state index contributed by atoms with van der Waals surface area (Å²) in [5.74, 6) is 0.915. The quantitative estimate of drug-likeness (QED) is 0.172. The average molecular weight is 722 g/mol. The highest BCUT2D eigenvalue weighted by atomic mass is 15.2. The van der Waals surface area contributed by atoms with Crippen LogP contribution in [0.3, 0.4) is 0 Å². The third-order valence-corrected chi connectivity index (χ3v) is 10.2. The second-order valence-electron chi connectivity index (χ2n) is 13.6. The van der Waals surface area contributed by atoms with Crippen molar-refractivity contribution >= 4 is 43.6 Å². The zero-order chi connectivity index (χ0) is 42.2. The van der Waals surface area contributed by atoms with Gasteiger partial charge >= 0.3 is 0 Å². The van der Waals surface area contributed by atoms with Crippen molar-refractivity contribution in [1.82, 2.24) is 24.1 Å². The maximum atomic E-state index is 10.2. The van der Waals surface area contributed by atoms with Gasteiger partial charge in [-0.15, -0.1) is 0 Å². The van der Waals surface area contributed by atoms with Gasteiger partial charge in [-0.1, -0.05) is 158 Å². The normalized spacial score (nSPS) is 13.1. The van der Waals surface area contributed by atoms with E-state index < -0.39 is 0 Å². The fourth-order valence-corrected chi connectivity index (χ4v) is 7.63. The lowest BCUT2D eigenvalue weighted by Crippen LogP contribution is -2.06. The van der Waals surface area contributed by atoms with Gasteiger partial charge in [-0.05, 0) is 64.6 Å². The summed E-state index contributed by atoms with van der Waals surface area (Å²) in [5, 5.41) is 1.62. The molecule has 0 aliphatic rings. The minimum absolute atomic E-state index is 0.00942. The van der Waals surface area contributed by atoms with Gasteiger partial charge < -0.3 is 4.57 Å². The number of nitrogens with zero attached hydrogens (tertiary/aromatic N) is 5. The number of para-hydroxylation sites is 2. The van der Waals surface area contributed by atoms with Crippen LogP contribution in [0.1, 0.15) is 8.22 Å². The Balaban J connectivity index is 1.24. The molecule has 0 spiro atoms. The molecule has 0 atom stereocenters. The van der Waals surface area contributed by atoms with Gasteiger partial charge in [-0.25, -0.2) is 4.98 Å². The van der Waals surface area contributed by atoms with E-state index in [4.69, 9.17) is 17.7 Å². The van der Waals surface area contributed by atoms with Gasteiger partial charge in [0, 0.05) is 38.4 Å². The molecule has 11 aromatic rings. The lowest BCUT2D eigenvalue weighted by atomic mass is 9.99. The molecule has 0 unspecified atom stereocenters. The molecule has 5 heteroatoms. The van der Waals surface area contributed by atoms with Crippen molar-refractivity contribution in [2.75, 3.05) is 0 Å². The predicted molar refractivity (Wildman–Crippen MR) is 230 cm³/mol. The van der Waals surface area contributed by atoms with Crippen LogP contribution in [-0.2, 0) is 0 Å². The molecule has 0 N–H and O–H groups in total. The van der Waals surface area contributed by atoms with Gasteiger partial charge in [0.25, 0.3) is 0 Å². The third kappa shape index (κ3) is 5.29. The van der Waals surface area contributed by atoms with Gasteiger partial charge in [0.1, 0.15) is 0 Å². The molecule has 0 fully saturated rings. The van der Waals surface area contributed by atoms with Crippen LogP contribution >= 0.6 is 0 Å². The zero-order valence-corrected chi connectivity index (χ0v) is 29.8. The average Bonchev–Trinajstić information content (AvgIpc) is 3.84. The lowest BCUT2D eigenvalue weighted by Gasteiger charge is -2.12. The van der Waals surface area contributed by atoms with E-state index in [9.17, 15) is 5.48 Å². The number of aromatic nitrogens is 5. The summed E-state index contributed by atoms with van der Waals surface area (Å²) in [5.41, 5.74) is 7.67. The minimum atomic E-state index is 0.00942. The van der Waals surface area contributed by atoms with Crippen LogP contribution in [0.4, 0.5) is 0 Å². The summed E-state index contributed by atoms with van der Waals surface area (Å²) < 4.78 is 59.9. The predicted octanol–water partition coefficient (Wildman–Crippen LogP) is 12.7. The van der Waals surface area contributed by atoms with Gasteiger partial charge in [0.15, 0.2) is 11.6 Å². The molecule has 0 saturated carbocycles. The summed E-state index contributed by atoms with van der Waals surface area (Å²) in [6.07, 6.45) is 0. The van der Waals surface area contributed by atoms with Crippen LogP contribution in [0.25, 0.3) is 100 Å². The van der Waals surface area contributed by atoms with Gasteiger partial charge in [-0.2, -0.15) is 9.97 Å². The molecule has 5 nitrogen and oxygen atoms in total. The van der Waals surface area contributed by atoms with Gasteiger partial charge in [0.2, 0.25) is 5.95 Å². The molecular weight excluding hydrogens is 683 g/mol. The van der Waals surface area contributed by atoms with Crippen molar-refractivity contribution in [3.8, 4) is 56.7 Å². The van der Waals surface area contributed by atoms with E-state index in [0.29, 0.717) is 55.4 Å². The molecule has 3 aromatic heterocycles. The number of benzene rings is 8. The second kappa shape index (κ2) is 13.0. The number of hydrogen-bond donors (Lipinski definition) is 0. The van der Waals surface area contributed by atoms with Crippen LogP contribution in [-0.4, -0.2) is 24.1 Å². The third-order valence-electron chi connectivity index (χ3n) is 10.2. The highest BCUT2D eigenvalue weighted by molar-refractivity contribution is 6.19. The van der Waals surface area contributed by atoms with E-state index >= 15 is 0 Å². The molecule has 0 amide bonds. The standard InChI is InChI=1S/C51H33N5/c1-4-16-34(17-5-1)37-22-14-23-38(30-37)39-24-15-25-40(31-39)55-45-28-12-10-26-41(45)43-33-48-44(32-47(43)55)42-27-11-13-29-46(42)56(48)51-53-49(35-18-6-2-7-19-35)52-50(54-51)36-20-8-3-9-21-36/h1-33H/i10D,11D,28D,29D,32D,33D. The lowest BCUT2D eigenvalue weighted by molar-refractivity contribution is 0.954. The Morgan fingerprint density at radius 3 is 1.41 bits per heavy atom. The molecule has 11 rings (SSSR count). The summed E-state index contributed by atoms with van der Waals surface area (Å²) in [6, 6.07) is 52.0. The summed E-state index contributed by atoms with van der Waals surface area (Å²) in [6.45, 7) is 0. The zero-order valence-electron chi connectivity index (χ0n) is 35.8. The fraction of sp³-hybridized carbons (Fsp3) is 0.